The molecule has 1 N–H and O–H groups in total. The molecule has 3 rings (SSSR count). The summed E-state index contributed by atoms with van der Waals surface area (Å²) in [6.07, 6.45) is 1.53. The molecule has 0 spiro atoms. The monoisotopic (exact) mass is 379 g/mol. The fraction of sp³-hybridized carbons (Fsp3) is 0.312. The van der Waals surface area contributed by atoms with Crippen LogP contribution in [0.1, 0.15) is 18.9 Å². The molecule has 0 saturated heterocycles. The number of amides is 1. The van der Waals surface area contributed by atoms with Crippen LogP contribution < -0.4 is 5.32 Å². The van der Waals surface area contributed by atoms with Crippen LogP contribution in [0.25, 0.3) is 0 Å². The van der Waals surface area contributed by atoms with Crippen molar-refractivity contribution in [2.75, 3.05) is 6.61 Å². The number of halogens is 2. The third-order valence-electron chi connectivity index (χ3n) is 3.60. The second-order valence-electron chi connectivity index (χ2n) is 5.40. The quantitative estimate of drug-likeness (QED) is 0.784. The molecule has 2 aliphatic heterocycles. The van der Waals surface area contributed by atoms with E-state index in [1.807, 2.05) is 0 Å². The number of amidine groups is 2. The predicted molar refractivity (Wildman–Crippen MR) is 93.5 cm³/mol. The van der Waals surface area contributed by atoms with E-state index in [-0.39, 0.29) is 29.8 Å². The number of hydrogen-bond acceptors (Lipinski definition) is 7. The molecule has 8 nitrogen and oxygen atoms in total. The van der Waals surface area contributed by atoms with Gasteiger partial charge >= 0.3 is 5.97 Å². The van der Waals surface area contributed by atoms with E-state index in [2.05, 4.69) is 20.4 Å². The Morgan fingerprint density at radius 2 is 2.27 bits per heavy atom. The molecule has 1 aromatic carbocycles. The van der Waals surface area contributed by atoms with Crippen LogP contribution in [-0.4, -0.2) is 47.5 Å². The number of esters is 1. The van der Waals surface area contributed by atoms with Gasteiger partial charge in [0.25, 0.3) is 5.91 Å². The van der Waals surface area contributed by atoms with E-state index in [0.29, 0.717) is 12.0 Å². The van der Waals surface area contributed by atoms with E-state index < -0.39 is 23.9 Å². The maximum atomic E-state index is 13.2. The molecule has 136 valence electrons. The Hall–Kier alpha value is -2.81. The number of carbonyl (C=O) groups excluding carboxylic acids is 2. The van der Waals surface area contributed by atoms with E-state index in [9.17, 15) is 14.0 Å². The molecule has 10 heteroatoms. The lowest BCUT2D eigenvalue weighted by molar-refractivity contribution is -0.135. The topological polar surface area (TPSA) is 95.7 Å². The Balaban J connectivity index is 1.75. The van der Waals surface area contributed by atoms with Crippen LogP contribution >= 0.6 is 11.6 Å². The molecule has 2 aliphatic rings. The third kappa shape index (κ3) is 3.72. The summed E-state index contributed by atoms with van der Waals surface area (Å²) in [6, 6.07) is 4.14. The number of rotatable bonds is 5. The Morgan fingerprint density at radius 3 is 3.00 bits per heavy atom. The molecule has 1 unspecified atom stereocenters. The molecule has 2 heterocycles. The molecule has 0 aliphatic carbocycles. The van der Waals surface area contributed by atoms with Gasteiger partial charge in [-0.05, 0) is 24.6 Å². The van der Waals surface area contributed by atoms with Crippen LogP contribution in [-0.2, 0) is 20.9 Å². The summed E-state index contributed by atoms with van der Waals surface area (Å²) in [6.45, 7) is 1.94. The fourth-order valence-corrected chi connectivity index (χ4v) is 2.59. The van der Waals surface area contributed by atoms with Crippen molar-refractivity contribution in [3.63, 3.8) is 0 Å². The molecule has 26 heavy (non-hydrogen) atoms. The van der Waals surface area contributed by atoms with Crippen LogP contribution in [0.5, 0.6) is 0 Å². The van der Waals surface area contributed by atoms with Crippen molar-refractivity contribution in [1.29, 1.82) is 0 Å². The van der Waals surface area contributed by atoms with Crippen LogP contribution in [0.3, 0.4) is 0 Å². The molecule has 0 saturated carbocycles. The Kier molecular flexibility index (Phi) is 5.27. The molecule has 1 amide bonds. The van der Waals surface area contributed by atoms with Gasteiger partial charge in [0, 0.05) is 19.2 Å². The minimum atomic E-state index is -0.699. The largest absolute Gasteiger partial charge is 0.460 e. The standard InChI is InChI=1S/C16H15ClFN5O3/c1-2-26-16(25)13-21-12-5-6-20-23(12)14(22-13)15(24)19-8-9-3-4-11(18)10(17)7-9/h3-4,6-7,12H,2,5,8H2,1H3,(H,19,24). The zero-order valence-electron chi connectivity index (χ0n) is 13.8. The molecular formula is C16H15ClFN5O3. The molecule has 0 bridgehead atoms. The Bertz CT molecular complexity index is 839. The number of ether oxygens (including phenoxy) is 1. The maximum Gasteiger partial charge on any atom is 0.376 e. The van der Waals surface area contributed by atoms with Crippen molar-refractivity contribution in [2.24, 2.45) is 15.1 Å². The highest BCUT2D eigenvalue weighted by atomic mass is 35.5. The predicted octanol–water partition coefficient (Wildman–Crippen LogP) is 1.49. The highest BCUT2D eigenvalue weighted by Crippen LogP contribution is 2.19. The lowest BCUT2D eigenvalue weighted by atomic mass is 10.2. The van der Waals surface area contributed by atoms with Crippen LogP contribution in [0.15, 0.2) is 33.3 Å². The van der Waals surface area contributed by atoms with Gasteiger partial charge in [0.15, 0.2) is 6.17 Å². The summed E-state index contributed by atoms with van der Waals surface area (Å²) in [7, 11) is 0. The van der Waals surface area contributed by atoms with Crippen molar-refractivity contribution >= 4 is 41.4 Å². The summed E-state index contributed by atoms with van der Waals surface area (Å²) in [5, 5.41) is 8.02. The van der Waals surface area contributed by atoms with Gasteiger partial charge in [-0.2, -0.15) is 10.1 Å². The first kappa shape index (κ1) is 18.0. The normalized spacial score (nSPS) is 18.1. The summed E-state index contributed by atoms with van der Waals surface area (Å²) >= 11 is 5.73. The van der Waals surface area contributed by atoms with Gasteiger partial charge in [0.05, 0.1) is 11.6 Å². The van der Waals surface area contributed by atoms with Crippen molar-refractivity contribution < 1.29 is 18.7 Å². The SMILES string of the molecule is CCOC(=O)C1=NC2CC=NN2C(C(=O)NCc2ccc(F)c(Cl)c2)=N1. The maximum absolute atomic E-state index is 13.2. The molecule has 0 aromatic heterocycles. The zero-order valence-corrected chi connectivity index (χ0v) is 14.5. The number of fused-ring (bicyclic) bond motifs is 1. The van der Waals surface area contributed by atoms with Gasteiger partial charge in [0.1, 0.15) is 5.82 Å². The van der Waals surface area contributed by atoms with Crippen LogP contribution in [0.2, 0.25) is 5.02 Å². The van der Waals surface area contributed by atoms with Gasteiger partial charge in [-0.25, -0.2) is 19.2 Å². The number of hydrogen-bond donors (Lipinski definition) is 1. The minimum absolute atomic E-state index is 0.0345. The summed E-state index contributed by atoms with van der Waals surface area (Å²) < 4.78 is 18.1. The van der Waals surface area contributed by atoms with E-state index >= 15 is 0 Å². The number of nitrogens with one attached hydrogen (secondary N) is 1. The number of benzene rings is 1. The van der Waals surface area contributed by atoms with Gasteiger partial charge in [0.2, 0.25) is 11.7 Å². The first-order chi connectivity index (χ1) is 12.5. The number of nitrogens with zero attached hydrogens (tertiary/aromatic N) is 4. The number of aliphatic imine (C=N–C) groups is 2. The summed E-state index contributed by atoms with van der Waals surface area (Å²) in [5.74, 6) is -2.02. The first-order valence-corrected chi connectivity index (χ1v) is 8.24. The molecule has 1 atom stereocenters. The van der Waals surface area contributed by atoms with Crippen LogP contribution in [0.4, 0.5) is 4.39 Å². The highest BCUT2D eigenvalue weighted by molar-refractivity contribution is 6.46. The van der Waals surface area contributed by atoms with Gasteiger partial charge in [-0.1, -0.05) is 17.7 Å². The van der Waals surface area contributed by atoms with E-state index in [1.165, 1.54) is 23.2 Å². The van der Waals surface area contributed by atoms with Crippen molar-refractivity contribution in [3.05, 3.63) is 34.6 Å². The molecule has 1 aromatic rings. The van der Waals surface area contributed by atoms with Crippen LogP contribution in [0, 0.1) is 5.82 Å². The fourth-order valence-electron chi connectivity index (χ4n) is 2.39. The second kappa shape index (κ2) is 7.61. The Morgan fingerprint density at radius 1 is 1.46 bits per heavy atom. The van der Waals surface area contributed by atoms with Gasteiger partial charge in [-0.3, -0.25) is 4.79 Å². The minimum Gasteiger partial charge on any atom is -0.460 e. The summed E-state index contributed by atoms with van der Waals surface area (Å²) in [5.41, 5.74) is 0.613. The molecular weight excluding hydrogens is 365 g/mol. The van der Waals surface area contributed by atoms with E-state index in [4.69, 9.17) is 16.3 Å². The Labute approximate surface area is 153 Å². The smallest absolute Gasteiger partial charge is 0.376 e. The van der Waals surface area contributed by atoms with Crippen molar-refractivity contribution in [3.8, 4) is 0 Å². The van der Waals surface area contributed by atoms with Crippen molar-refractivity contribution in [2.45, 2.75) is 26.1 Å². The lowest BCUT2D eigenvalue weighted by Gasteiger charge is -2.25. The lowest BCUT2D eigenvalue weighted by Crippen LogP contribution is -2.46. The summed E-state index contributed by atoms with van der Waals surface area (Å²) in [4.78, 5) is 32.6. The molecule has 0 radical (unpaired) electrons. The van der Waals surface area contributed by atoms with Gasteiger partial charge in [-0.15, -0.1) is 0 Å². The molecule has 0 fully saturated rings. The highest BCUT2D eigenvalue weighted by Gasteiger charge is 2.35. The first-order valence-electron chi connectivity index (χ1n) is 7.87. The van der Waals surface area contributed by atoms with Crippen molar-refractivity contribution in [1.82, 2.24) is 10.3 Å². The number of hydrazone groups is 1. The van der Waals surface area contributed by atoms with E-state index in [1.54, 1.807) is 13.1 Å². The van der Waals surface area contributed by atoms with Gasteiger partial charge < -0.3 is 10.1 Å². The third-order valence-corrected chi connectivity index (χ3v) is 3.89. The average Bonchev–Trinajstić information content (AvgIpc) is 3.10. The second-order valence-corrected chi connectivity index (χ2v) is 5.81. The zero-order chi connectivity index (χ0) is 18.7. The number of carbonyl (C=O) groups is 2. The van der Waals surface area contributed by atoms with E-state index in [0.717, 1.165) is 0 Å². The average molecular weight is 380 g/mol.